The van der Waals surface area contributed by atoms with E-state index in [4.69, 9.17) is 4.42 Å². The molecule has 3 N–H and O–H groups in total. The number of fused-ring (bicyclic) bond motifs is 1. The fourth-order valence-corrected chi connectivity index (χ4v) is 7.20. The Morgan fingerprint density at radius 2 is 1.74 bits per heavy atom. The molecule has 11 nitrogen and oxygen atoms in total. The molecule has 0 spiro atoms. The van der Waals surface area contributed by atoms with Crippen LogP contribution >= 0.6 is 0 Å². The molecule has 1 unspecified atom stereocenters. The highest BCUT2D eigenvalue weighted by molar-refractivity contribution is 7.93. The number of hydrogen-bond acceptors (Lipinski definition) is 10. The van der Waals surface area contributed by atoms with Crippen LogP contribution in [0, 0.1) is 5.92 Å². The molecule has 0 saturated heterocycles. The van der Waals surface area contributed by atoms with Crippen LogP contribution in [0.1, 0.15) is 62.6 Å². The van der Waals surface area contributed by atoms with E-state index in [1.54, 1.807) is 31.2 Å². The van der Waals surface area contributed by atoms with Gasteiger partial charge < -0.3 is 20.4 Å². The topological polar surface area (TPSA) is 165 Å². The van der Waals surface area contributed by atoms with Gasteiger partial charge in [-0.25, -0.2) is 21.8 Å². The Bertz CT molecular complexity index is 1410. The number of aromatic nitrogens is 1. The van der Waals surface area contributed by atoms with Crippen LogP contribution < -0.4 is 16.0 Å². The molecule has 0 aliphatic heterocycles. The molecule has 214 valence electrons. The zero-order valence-electron chi connectivity index (χ0n) is 22.2. The summed E-state index contributed by atoms with van der Waals surface area (Å²) < 4.78 is 55.7. The van der Waals surface area contributed by atoms with E-state index in [-0.39, 0.29) is 35.8 Å². The van der Waals surface area contributed by atoms with E-state index in [0.29, 0.717) is 11.1 Å². The van der Waals surface area contributed by atoms with Gasteiger partial charge in [0.05, 0.1) is 23.0 Å². The second-order valence-electron chi connectivity index (χ2n) is 10.5. The van der Waals surface area contributed by atoms with Crippen molar-refractivity contribution in [1.29, 1.82) is 0 Å². The first-order valence-corrected chi connectivity index (χ1v) is 17.1. The summed E-state index contributed by atoms with van der Waals surface area (Å²) in [7, 11) is -7.28. The number of carbonyl (C=O) groups excluding carboxylic acids is 2. The molecule has 1 heterocycles. The van der Waals surface area contributed by atoms with Crippen molar-refractivity contribution in [2.45, 2.75) is 70.0 Å². The lowest BCUT2D eigenvalue weighted by Crippen LogP contribution is -2.54. The Morgan fingerprint density at radius 3 is 2.36 bits per heavy atom. The smallest absolute Gasteiger partial charge is 0.266 e. The van der Waals surface area contributed by atoms with Gasteiger partial charge in [-0.2, -0.15) is 0 Å². The molecule has 1 aromatic heterocycles. The van der Waals surface area contributed by atoms with Gasteiger partial charge in [0, 0.05) is 12.3 Å². The van der Waals surface area contributed by atoms with Crippen LogP contribution in [0.5, 0.6) is 0 Å². The first-order chi connectivity index (χ1) is 18.4. The average molecular weight is 581 g/mol. The molecule has 0 radical (unpaired) electrons. The average Bonchev–Trinajstić information content (AvgIpc) is 3.32. The van der Waals surface area contributed by atoms with Crippen LogP contribution in [-0.2, 0) is 24.5 Å². The lowest BCUT2D eigenvalue weighted by atomic mass is 10.1. The van der Waals surface area contributed by atoms with Crippen LogP contribution in [0.4, 0.5) is 0 Å². The van der Waals surface area contributed by atoms with Gasteiger partial charge >= 0.3 is 0 Å². The van der Waals surface area contributed by atoms with Gasteiger partial charge in [-0.3, -0.25) is 9.59 Å². The minimum atomic E-state index is -3.65. The van der Waals surface area contributed by atoms with Gasteiger partial charge in [-0.1, -0.05) is 31.9 Å². The summed E-state index contributed by atoms with van der Waals surface area (Å²) in [5, 5.41) is 9.59. The van der Waals surface area contributed by atoms with E-state index < -0.39 is 49.2 Å². The summed E-state index contributed by atoms with van der Waals surface area (Å²) in [4.78, 5) is 30.9. The number of carbonyl (C=O) groups is 2. The lowest BCUT2D eigenvalue weighted by Gasteiger charge is -2.25. The van der Waals surface area contributed by atoms with Gasteiger partial charge in [-0.05, 0) is 50.2 Å². The summed E-state index contributed by atoms with van der Waals surface area (Å²) >= 11 is 0. The molecule has 2 saturated carbocycles. The quantitative estimate of drug-likeness (QED) is 0.282. The van der Waals surface area contributed by atoms with Gasteiger partial charge in [-0.15, -0.1) is 0 Å². The maximum Gasteiger partial charge on any atom is 0.266 e. The number of rotatable bonds is 14. The number of ketones is 1. The minimum Gasteiger partial charge on any atom is -0.434 e. The number of amides is 1. The Morgan fingerprint density at radius 1 is 1.05 bits per heavy atom. The summed E-state index contributed by atoms with van der Waals surface area (Å²) in [6.45, 7) is 1.70. The standard InChI is InChI=1S/C26H36N4O7S2/c1-3-19(24(31)26-30-20-10-6-7-11-22(20)37-26)29-25(32)21(15-39(35,36)14-17-12-13-17)28-23(16-38(2,33)34)27-18-8-4-5-9-18/h6-7,10-11,16-19,21,27-28H,3-5,8-9,12-15H2,1-2H3,(H,29,32)/t19?,21-/m0/s1. The van der Waals surface area contributed by atoms with Crippen LogP contribution in [0.3, 0.4) is 0 Å². The van der Waals surface area contributed by atoms with Crippen molar-refractivity contribution in [2.75, 3.05) is 17.8 Å². The highest BCUT2D eigenvalue weighted by atomic mass is 32.2. The van der Waals surface area contributed by atoms with Crippen molar-refractivity contribution < 1.29 is 30.8 Å². The monoisotopic (exact) mass is 580 g/mol. The fourth-order valence-electron chi connectivity index (χ4n) is 4.70. The number of hydrogen-bond donors (Lipinski definition) is 3. The molecule has 1 amide bonds. The normalized spacial score (nSPS) is 18.6. The number of oxazole rings is 1. The number of para-hydroxylation sites is 2. The number of sulfone groups is 2. The third-order valence-electron chi connectivity index (χ3n) is 6.85. The highest BCUT2D eigenvalue weighted by Gasteiger charge is 2.34. The van der Waals surface area contributed by atoms with Gasteiger partial charge in [0.2, 0.25) is 11.7 Å². The maximum atomic E-state index is 13.5. The van der Waals surface area contributed by atoms with E-state index in [0.717, 1.165) is 50.2 Å². The second-order valence-corrected chi connectivity index (χ2v) is 14.6. The third-order valence-corrected chi connectivity index (χ3v) is 9.33. The molecule has 2 aliphatic carbocycles. The van der Waals surface area contributed by atoms with E-state index in [9.17, 15) is 26.4 Å². The summed E-state index contributed by atoms with van der Waals surface area (Å²) in [6, 6.07) is 4.54. The zero-order valence-corrected chi connectivity index (χ0v) is 23.8. The molecular formula is C26H36N4O7S2. The van der Waals surface area contributed by atoms with E-state index in [1.165, 1.54) is 0 Å². The van der Waals surface area contributed by atoms with Crippen LogP contribution in [0.15, 0.2) is 39.9 Å². The maximum absolute atomic E-state index is 13.5. The zero-order chi connectivity index (χ0) is 28.2. The van der Waals surface area contributed by atoms with Crippen molar-refractivity contribution >= 4 is 42.5 Å². The Labute approximate surface area is 229 Å². The van der Waals surface area contributed by atoms with Gasteiger partial charge in [0.15, 0.2) is 25.3 Å². The predicted octanol–water partition coefficient (Wildman–Crippen LogP) is 2.06. The first-order valence-electron chi connectivity index (χ1n) is 13.3. The Kier molecular flexibility index (Phi) is 9.00. The molecule has 2 atom stereocenters. The SMILES string of the molecule is CCC(NC(=O)[C@H](CS(=O)(=O)CC1CC1)NC(=CS(C)(=O)=O)NC1CCCC1)C(=O)c1nc2ccccc2o1. The van der Waals surface area contributed by atoms with Crippen molar-refractivity contribution in [1.82, 2.24) is 20.9 Å². The first kappa shape index (κ1) is 29.1. The van der Waals surface area contributed by atoms with E-state index >= 15 is 0 Å². The Balaban J connectivity index is 1.56. The predicted molar refractivity (Wildman–Crippen MR) is 147 cm³/mol. The molecule has 2 aromatic rings. The molecule has 2 aliphatic rings. The molecule has 39 heavy (non-hydrogen) atoms. The molecule has 4 rings (SSSR count). The number of benzene rings is 1. The van der Waals surface area contributed by atoms with Crippen molar-refractivity contribution in [3.63, 3.8) is 0 Å². The van der Waals surface area contributed by atoms with Gasteiger partial charge in [0.1, 0.15) is 17.4 Å². The molecule has 13 heteroatoms. The molecule has 1 aromatic carbocycles. The number of Topliss-reactive ketones (excluding diaryl/α,β-unsaturated/α-hetero) is 1. The van der Waals surface area contributed by atoms with E-state index in [2.05, 4.69) is 20.9 Å². The number of nitrogens with zero attached hydrogens (tertiary/aromatic N) is 1. The number of nitrogens with one attached hydrogen (secondary N) is 3. The molecular weight excluding hydrogens is 544 g/mol. The Hall–Kier alpha value is -2.93. The van der Waals surface area contributed by atoms with Crippen molar-refractivity contribution in [2.24, 2.45) is 5.92 Å². The van der Waals surface area contributed by atoms with Crippen LogP contribution in [-0.4, -0.2) is 69.4 Å². The fraction of sp³-hybridized carbons (Fsp3) is 0.577. The van der Waals surface area contributed by atoms with E-state index in [1.807, 2.05) is 0 Å². The summed E-state index contributed by atoms with van der Waals surface area (Å²) in [5.41, 5.74) is 0.933. The van der Waals surface area contributed by atoms with Crippen molar-refractivity contribution in [3.05, 3.63) is 41.4 Å². The highest BCUT2D eigenvalue weighted by Crippen LogP contribution is 2.30. The van der Waals surface area contributed by atoms with Crippen LogP contribution in [0.25, 0.3) is 11.1 Å². The van der Waals surface area contributed by atoms with Gasteiger partial charge in [0.25, 0.3) is 5.89 Å². The third kappa shape index (κ3) is 8.53. The lowest BCUT2D eigenvalue weighted by molar-refractivity contribution is -0.123. The molecule has 0 bridgehead atoms. The molecule has 2 fully saturated rings. The summed E-state index contributed by atoms with van der Waals surface area (Å²) in [6.07, 6.45) is 6.51. The van der Waals surface area contributed by atoms with Crippen LogP contribution in [0.2, 0.25) is 0 Å². The van der Waals surface area contributed by atoms with Crippen molar-refractivity contribution in [3.8, 4) is 0 Å². The second kappa shape index (κ2) is 12.1. The summed E-state index contributed by atoms with van der Waals surface area (Å²) in [5.74, 6) is -1.89. The largest absolute Gasteiger partial charge is 0.434 e. The minimum absolute atomic E-state index is 0.00131.